The van der Waals surface area contributed by atoms with Crippen molar-refractivity contribution in [3.63, 3.8) is 0 Å². The first-order valence-electron chi connectivity index (χ1n) is 5.08. The summed E-state index contributed by atoms with van der Waals surface area (Å²) in [5.74, 6) is 0.0729. The Hall–Kier alpha value is -0.930. The second-order valence-electron chi connectivity index (χ2n) is 3.17. The zero-order valence-electron chi connectivity index (χ0n) is 8.99. The molecule has 0 unspecified atom stereocenters. The summed E-state index contributed by atoms with van der Waals surface area (Å²) in [5.41, 5.74) is 0. The first-order valence-corrected chi connectivity index (χ1v) is 5.90. The van der Waals surface area contributed by atoms with E-state index in [4.69, 9.17) is 4.74 Å². The van der Waals surface area contributed by atoms with Gasteiger partial charge in [0.05, 0.1) is 11.5 Å². The number of Topliss-reactive ketones (excluding diaryl/α,β-unsaturated/α-hetero) is 1. The molecule has 0 radical (unpaired) electrons. The lowest BCUT2D eigenvalue weighted by molar-refractivity contribution is 0.0772. The number of hydrogen-bond acceptors (Lipinski definition) is 3. The minimum atomic E-state index is 0.0729. The maximum atomic E-state index is 11.6. The van der Waals surface area contributed by atoms with E-state index in [9.17, 15) is 4.79 Å². The maximum Gasteiger partial charge on any atom is 0.198 e. The standard InChI is InChI=1S/C12H16O2S/c1-3-5-8-14-9-11(13)12-7-6-10(4-2)15-12/h3,6-7H,1,4-5,8-9H2,2H3. The van der Waals surface area contributed by atoms with Crippen LogP contribution in [0.3, 0.4) is 0 Å². The smallest absolute Gasteiger partial charge is 0.198 e. The number of aryl methyl sites for hydroxylation is 1. The molecule has 0 fully saturated rings. The molecule has 0 aromatic carbocycles. The van der Waals surface area contributed by atoms with Crippen molar-refractivity contribution in [3.8, 4) is 0 Å². The van der Waals surface area contributed by atoms with Crippen LogP contribution in [-0.4, -0.2) is 19.0 Å². The van der Waals surface area contributed by atoms with Gasteiger partial charge in [-0.1, -0.05) is 13.0 Å². The SMILES string of the molecule is C=CCCOCC(=O)c1ccc(CC)s1. The second-order valence-corrected chi connectivity index (χ2v) is 4.34. The molecule has 0 amide bonds. The fourth-order valence-corrected chi connectivity index (χ4v) is 1.99. The molecule has 0 saturated heterocycles. The Bertz CT molecular complexity index is 328. The van der Waals surface area contributed by atoms with Gasteiger partial charge in [0.15, 0.2) is 5.78 Å². The summed E-state index contributed by atoms with van der Waals surface area (Å²) in [6.07, 6.45) is 3.55. The Morgan fingerprint density at radius 1 is 1.60 bits per heavy atom. The third kappa shape index (κ3) is 3.98. The molecule has 1 aromatic rings. The van der Waals surface area contributed by atoms with Crippen molar-refractivity contribution < 1.29 is 9.53 Å². The van der Waals surface area contributed by atoms with Gasteiger partial charge in [0.25, 0.3) is 0 Å². The molecule has 2 nitrogen and oxygen atoms in total. The third-order valence-corrected chi connectivity index (χ3v) is 3.26. The van der Waals surface area contributed by atoms with Gasteiger partial charge in [-0.2, -0.15) is 0 Å². The molecule has 1 heterocycles. The lowest BCUT2D eigenvalue weighted by atomic mass is 10.3. The molecule has 0 aliphatic carbocycles. The fourth-order valence-electron chi connectivity index (χ4n) is 1.12. The Kier molecular flexibility index (Phi) is 5.29. The molecule has 0 N–H and O–H groups in total. The summed E-state index contributed by atoms with van der Waals surface area (Å²) >= 11 is 1.56. The van der Waals surface area contributed by atoms with Crippen LogP contribution < -0.4 is 0 Å². The Labute approximate surface area is 94.6 Å². The first kappa shape index (κ1) is 12.1. The minimum Gasteiger partial charge on any atom is -0.373 e. The van der Waals surface area contributed by atoms with Crippen molar-refractivity contribution >= 4 is 17.1 Å². The molecule has 15 heavy (non-hydrogen) atoms. The van der Waals surface area contributed by atoms with Gasteiger partial charge in [0.2, 0.25) is 0 Å². The molecular weight excluding hydrogens is 208 g/mol. The minimum absolute atomic E-state index is 0.0729. The summed E-state index contributed by atoms with van der Waals surface area (Å²) in [6.45, 7) is 6.42. The molecule has 1 rings (SSSR count). The van der Waals surface area contributed by atoms with Crippen molar-refractivity contribution in [2.75, 3.05) is 13.2 Å². The van der Waals surface area contributed by atoms with Crippen LogP contribution in [0.25, 0.3) is 0 Å². The molecule has 0 bridgehead atoms. The largest absolute Gasteiger partial charge is 0.373 e. The van der Waals surface area contributed by atoms with Crippen molar-refractivity contribution in [1.29, 1.82) is 0 Å². The summed E-state index contributed by atoms with van der Waals surface area (Å²) in [6, 6.07) is 3.88. The van der Waals surface area contributed by atoms with E-state index in [1.54, 1.807) is 17.4 Å². The highest BCUT2D eigenvalue weighted by atomic mass is 32.1. The van der Waals surface area contributed by atoms with Crippen LogP contribution in [0.2, 0.25) is 0 Å². The molecular formula is C12H16O2S. The van der Waals surface area contributed by atoms with Crippen molar-refractivity contribution in [1.82, 2.24) is 0 Å². The van der Waals surface area contributed by atoms with Crippen molar-refractivity contribution in [2.45, 2.75) is 19.8 Å². The Morgan fingerprint density at radius 3 is 3.00 bits per heavy atom. The summed E-state index contributed by atoms with van der Waals surface area (Å²) in [5, 5.41) is 0. The van der Waals surface area contributed by atoms with Gasteiger partial charge in [0.1, 0.15) is 6.61 Å². The average Bonchev–Trinajstić information content (AvgIpc) is 2.72. The van der Waals surface area contributed by atoms with Crippen LogP contribution in [0.1, 0.15) is 27.9 Å². The van der Waals surface area contributed by atoms with Crippen LogP contribution in [0.4, 0.5) is 0 Å². The van der Waals surface area contributed by atoms with Crippen molar-refractivity contribution in [2.24, 2.45) is 0 Å². The van der Waals surface area contributed by atoms with E-state index in [0.717, 1.165) is 17.7 Å². The first-order chi connectivity index (χ1) is 7.27. The van der Waals surface area contributed by atoms with Gasteiger partial charge in [0, 0.05) is 4.88 Å². The van der Waals surface area contributed by atoms with Crippen LogP contribution in [0.15, 0.2) is 24.8 Å². The highest BCUT2D eigenvalue weighted by molar-refractivity contribution is 7.14. The van der Waals surface area contributed by atoms with Crippen molar-refractivity contribution in [3.05, 3.63) is 34.5 Å². The summed E-state index contributed by atoms with van der Waals surface area (Å²) in [4.78, 5) is 13.6. The molecule has 0 saturated carbocycles. The molecule has 82 valence electrons. The van der Waals surface area contributed by atoms with E-state index in [1.165, 1.54) is 4.88 Å². The normalized spacial score (nSPS) is 10.2. The predicted molar refractivity (Wildman–Crippen MR) is 63.7 cm³/mol. The maximum absolute atomic E-state index is 11.6. The van der Waals surface area contributed by atoms with Crippen LogP contribution in [0, 0.1) is 0 Å². The molecule has 0 aliphatic heterocycles. The van der Waals surface area contributed by atoms with Crippen LogP contribution >= 0.6 is 11.3 Å². The summed E-state index contributed by atoms with van der Waals surface area (Å²) < 4.78 is 5.22. The Balaban J connectivity index is 2.36. The molecule has 0 aliphatic rings. The molecule has 0 spiro atoms. The highest BCUT2D eigenvalue weighted by Crippen LogP contribution is 2.17. The average molecular weight is 224 g/mol. The van der Waals surface area contributed by atoms with Gasteiger partial charge in [-0.05, 0) is 25.0 Å². The number of thiophene rings is 1. The second kappa shape index (κ2) is 6.53. The number of ketones is 1. The van der Waals surface area contributed by atoms with E-state index in [-0.39, 0.29) is 12.4 Å². The topological polar surface area (TPSA) is 26.3 Å². The number of carbonyl (C=O) groups excluding carboxylic acids is 1. The van der Waals surface area contributed by atoms with Gasteiger partial charge in [-0.25, -0.2) is 0 Å². The lowest BCUT2D eigenvalue weighted by Gasteiger charge is -1.99. The zero-order chi connectivity index (χ0) is 11.1. The molecule has 3 heteroatoms. The number of rotatable bonds is 7. The van der Waals surface area contributed by atoms with Crippen LogP contribution in [-0.2, 0) is 11.2 Å². The predicted octanol–water partition coefficient (Wildman–Crippen LogP) is 3.09. The fraction of sp³-hybridized carbons (Fsp3) is 0.417. The van der Waals surface area contributed by atoms with Crippen LogP contribution in [0.5, 0.6) is 0 Å². The van der Waals surface area contributed by atoms with E-state index in [2.05, 4.69) is 13.5 Å². The van der Waals surface area contributed by atoms with E-state index in [1.807, 2.05) is 12.1 Å². The number of carbonyl (C=O) groups is 1. The monoisotopic (exact) mass is 224 g/mol. The quantitative estimate of drug-likeness (QED) is 0.404. The molecule has 0 atom stereocenters. The lowest BCUT2D eigenvalue weighted by Crippen LogP contribution is -2.07. The summed E-state index contributed by atoms with van der Waals surface area (Å²) in [7, 11) is 0. The molecule has 1 aromatic heterocycles. The van der Waals surface area contributed by atoms with Gasteiger partial charge in [-0.3, -0.25) is 4.79 Å². The van der Waals surface area contributed by atoms with E-state index >= 15 is 0 Å². The Morgan fingerprint density at radius 2 is 2.40 bits per heavy atom. The van der Waals surface area contributed by atoms with E-state index < -0.39 is 0 Å². The zero-order valence-corrected chi connectivity index (χ0v) is 9.81. The number of ether oxygens (including phenoxy) is 1. The van der Waals surface area contributed by atoms with Gasteiger partial charge in [-0.15, -0.1) is 17.9 Å². The van der Waals surface area contributed by atoms with Gasteiger partial charge < -0.3 is 4.74 Å². The van der Waals surface area contributed by atoms with Gasteiger partial charge >= 0.3 is 0 Å². The number of hydrogen-bond donors (Lipinski definition) is 0. The highest BCUT2D eigenvalue weighted by Gasteiger charge is 2.08. The third-order valence-electron chi connectivity index (χ3n) is 1.98. The van der Waals surface area contributed by atoms with E-state index in [0.29, 0.717) is 6.61 Å².